The minimum atomic E-state index is -0.673. The normalized spacial score (nSPS) is 9.11. The van der Waals surface area contributed by atoms with E-state index in [1.54, 1.807) is 0 Å². The van der Waals surface area contributed by atoms with Gasteiger partial charge in [-0.25, -0.2) is 9.59 Å². The number of isocyanates is 2. The fourth-order valence-corrected chi connectivity index (χ4v) is 0.160. The van der Waals surface area contributed by atoms with Gasteiger partial charge in [0.05, 0.1) is 0 Å². The number of aliphatic imine (C=N–C) groups is 2. The molecule has 0 amide bonds. The quantitative estimate of drug-likeness (QED) is 0.321. The first-order valence-electron chi connectivity index (χ1n) is 1.85. The molecule has 0 aromatic heterocycles. The average Bonchev–Trinajstić information content (AvgIpc) is 1.85. The van der Waals surface area contributed by atoms with Crippen LogP contribution in [0.1, 0.15) is 0 Å². The number of nitrogens with zero attached hydrogens (tertiary/aromatic N) is 2. The molecule has 0 saturated heterocycles. The van der Waals surface area contributed by atoms with Crippen LogP contribution < -0.4 is 0 Å². The molecule has 0 spiro atoms. The zero-order valence-corrected chi connectivity index (χ0v) is 4.24. The van der Waals surface area contributed by atoms with Crippen LogP contribution in [0, 0.1) is 0 Å². The molecule has 1 N–H and O–H groups in total. The van der Waals surface area contributed by atoms with E-state index in [1.807, 2.05) is 0 Å². The monoisotopic (exact) mass is 126 g/mol. The minimum Gasteiger partial charge on any atom is -0.492 e. The van der Waals surface area contributed by atoms with Gasteiger partial charge in [0.15, 0.2) is 0 Å². The maximum absolute atomic E-state index is 9.35. The van der Waals surface area contributed by atoms with Crippen LogP contribution in [-0.2, 0) is 9.59 Å². The van der Waals surface area contributed by atoms with Crippen molar-refractivity contribution in [2.45, 2.75) is 0 Å². The van der Waals surface area contributed by atoms with Crippen LogP contribution in [-0.4, -0.2) is 17.3 Å². The van der Waals surface area contributed by atoms with Gasteiger partial charge in [-0.05, 0) is 0 Å². The molecule has 0 aromatic carbocycles. The molecule has 0 radical (unpaired) electrons. The van der Waals surface area contributed by atoms with Crippen LogP contribution in [0.4, 0.5) is 0 Å². The van der Waals surface area contributed by atoms with Gasteiger partial charge in [-0.15, -0.1) is 4.99 Å². The molecule has 0 aliphatic carbocycles. The van der Waals surface area contributed by atoms with E-state index in [0.29, 0.717) is 6.20 Å². The van der Waals surface area contributed by atoms with Gasteiger partial charge < -0.3 is 5.11 Å². The van der Waals surface area contributed by atoms with Crippen molar-refractivity contribution >= 4 is 12.2 Å². The highest BCUT2D eigenvalue weighted by Gasteiger charge is 1.80. The number of hydrogen-bond acceptors (Lipinski definition) is 5. The van der Waals surface area contributed by atoms with Crippen LogP contribution in [0.3, 0.4) is 0 Å². The van der Waals surface area contributed by atoms with Gasteiger partial charge in [0, 0.05) is 0 Å². The molecule has 0 aromatic rings. The molecule has 0 aliphatic rings. The third-order valence-corrected chi connectivity index (χ3v) is 0.393. The van der Waals surface area contributed by atoms with Crippen molar-refractivity contribution in [1.82, 2.24) is 0 Å². The summed E-state index contributed by atoms with van der Waals surface area (Å²) in [4.78, 5) is 24.2. The van der Waals surface area contributed by atoms with Gasteiger partial charge in [-0.2, -0.15) is 4.99 Å². The van der Waals surface area contributed by atoms with Crippen LogP contribution in [0.25, 0.3) is 0 Å². The fourth-order valence-electron chi connectivity index (χ4n) is 0.160. The van der Waals surface area contributed by atoms with Crippen molar-refractivity contribution in [2.24, 2.45) is 9.98 Å². The molecule has 0 aliphatic heterocycles. The summed E-state index contributed by atoms with van der Waals surface area (Å²) in [5.41, 5.74) is 0. The van der Waals surface area contributed by atoms with Gasteiger partial charge in [0.2, 0.25) is 18.0 Å². The van der Waals surface area contributed by atoms with Crippen molar-refractivity contribution < 1.29 is 14.7 Å². The van der Waals surface area contributed by atoms with Gasteiger partial charge in [0.1, 0.15) is 6.20 Å². The highest BCUT2D eigenvalue weighted by atomic mass is 16.3. The molecule has 5 nitrogen and oxygen atoms in total. The Labute approximate surface area is 50.1 Å². The number of rotatable bonds is 2. The molecule has 5 heteroatoms. The number of carbonyl (C=O) groups excluding carboxylic acids is 2. The van der Waals surface area contributed by atoms with E-state index in [9.17, 15) is 9.59 Å². The maximum Gasteiger partial charge on any atom is 0.243 e. The van der Waals surface area contributed by atoms with Gasteiger partial charge in [0.25, 0.3) is 0 Å². The highest BCUT2D eigenvalue weighted by molar-refractivity contribution is 5.37. The van der Waals surface area contributed by atoms with Crippen molar-refractivity contribution in [3.05, 3.63) is 12.1 Å². The summed E-state index contributed by atoms with van der Waals surface area (Å²) >= 11 is 0. The molecule has 0 atom stereocenters. The fraction of sp³-hybridized carbons (Fsp3) is 0. The Morgan fingerprint density at radius 3 is 2.56 bits per heavy atom. The Morgan fingerprint density at radius 2 is 2.11 bits per heavy atom. The highest BCUT2D eigenvalue weighted by Crippen LogP contribution is 1.85. The first-order valence-corrected chi connectivity index (χ1v) is 1.85. The zero-order chi connectivity index (χ0) is 7.11. The van der Waals surface area contributed by atoms with Crippen LogP contribution in [0.15, 0.2) is 22.1 Å². The predicted molar refractivity (Wildman–Crippen MR) is 27.0 cm³/mol. The molecule has 9 heavy (non-hydrogen) atoms. The second kappa shape index (κ2) is 4.46. The second-order valence-corrected chi connectivity index (χ2v) is 0.911. The number of aliphatic hydroxyl groups excluding tert-OH is 1. The standard InChI is InChI=1S/C4H2N2O3/c7-2-5-1-4(9)6-3-8/h1,9H. The molecule has 46 valence electrons. The Bertz CT molecular complexity index is 208. The summed E-state index contributed by atoms with van der Waals surface area (Å²) in [5, 5.41) is 8.34. The minimum absolute atomic E-state index is 0.673. The molecule has 0 heterocycles. The van der Waals surface area contributed by atoms with Crippen molar-refractivity contribution in [1.29, 1.82) is 0 Å². The Kier molecular flexibility index (Phi) is 3.62. The molecule has 0 unspecified atom stereocenters. The van der Waals surface area contributed by atoms with Gasteiger partial charge in [-0.3, -0.25) is 0 Å². The van der Waals surface area contributed by atoms with E-state index in [2.05, 4.69) is 9.98 Å². The van der Waals surface area contributed by atoms with Crippen LogP contribution in [0.2, 0.25) is 0 Å². The van der Waals surface area contributed by atoms with E-state index in [-0.39, 0.29) is 0 Å². The average molecular weight is 126 g/mol. The maximum atomic E-state index is 9.35. The molecular weight excluding hydrogens is 124 g/mol. The molecule has 0 fully saturated rings. The van der Waals surface area contributed by atoms with Crippen LogP contribution >= 0.6 is 0 Å². The Balaban J connectivity index is 4.15. The molecule has 0 rings (SSSR count). The topological polar surface area (TPSA) is 79.1 Å². The lowest BCUT2D eigenvalue weighted by Gasteiger charge is -1.76. The van der Waals surface area contributed by atoms with E-state index in [1.165, 1.54) is 0 Å². The van der Waals surface area contributed by atoms with Gasteiger partial charge in [-0.1, -0.05) is 0 Å². The summed E-state index contributed by atoms with van der Waals surface area (Å²) in [7, 11) is 0. The summed E-state index contributed by atoms with van der Waals surface area (Å²) in [6.07, 6.45) is 2.83. The summed E-state index contributed by atoms with van der Waals surface area (Å²) in [6.45, 7) is 0. The van der Waals surface area contributed by atoms with Crippen molar-refractivity contribution in [3.63, 3.8) is 0 Å². The van der Waals surface area contributed by atoms with E-state index < -0.39 is 5.88 Å². The summed E-state index contributed by atoms with van der Waals surface area (Å²) in [6, 6.07) is 0. The zero-order valence-electron chi connectivity index (χ0n) is 4.24. The third-order valence-electron chi connectivity index (χ3n) is 0.393. The van der Waals surface area contributed by atoms with E-state index in [0.717, 1.165) is 12.2 Å². The first kappa shape index (κ1) is 7.30. The molecule has 0 bridgehead atoms. The van der Waals surface area contributed by atoms with Crippen molar-refractivity contribution in [3.8, 4) is 0 Å². The Morgan fingerprint density at radius 1 is 1.44 bits per heavy atom. The lowest BCUT2D eigenvalue weighted by atomic mass is 10.8. The third kappa shape index (κ3) is 4.15. The predicted octanol–water partition coefficient (Wildman–Crippen LogP) is 0.0149. The number of hydrogen-bond donors (Lipinski definition) is 1. The summed E-state index contributed by atoms with van der Waals surface area (Å²) in [5.74, 6) is -0.673. The summed E-state index contributed by atoms with van der Waals surface area (Å²) < 4.78 is 0. The largest absolute Gasteiger partial charge is 0.492 e. The molecular formula is C4H2N2O3. The lowest BCUT2D eigenvalue weighted by molar-refractivity contribution is 0.403. The Hall–Kier alpha value is -1.70. The smallest absolute Gasteiger partial charge is 0.243 e. The van der Waals surface area contributed by atoms with E-state index in [4.69, 9.17) is 5.11 Å². The lowest BCUT2D eigenvalue weighted by Crippen LogP contribution is -1.69. The van der Waals surface area contributed by atoms with Gasteiger partial charge >= 0.3 is 0 Å². The number of aliphatic hydroxyl groups is 1. The molecule has 0 saturated carbocycles. The first-order chi connectivity index (χ1) is 4.31. The van der Waals surface area contributed by atoms with Crippen molar-refractivity contribution in [2.75, 3.05) is 0 Å². The van der Waals surface area contributed by atoms with E-state index >= 15 is 0 Å². The van der Waals surface area contributed by atoms with Crippen LogP contribution in [0.5, 0.6) is 0 Å². The SMILES string of the molecule is O=C=NC=C(O)N=C=O. The second-order valence-electron chi connectivity index (χ2n) is 0.911.